The van der Waals surface area contributed by atoms with Crippen LogP contribution in [0.5, 0.6) is 0 Å². The minimum atomic E-state index is 0.623. The van der Waals surface area contributed by atoms with Crippen molar-refractivity contribution in [3.63, 3.8) is 0 Å². The second kappa shape index (κ2) is 10.6. The maximum absolute atomic E-state index is 3.80. The summed E-state index contributed by atoms with van der Waals surface area (Å²) < 4.78 is 0. The van der Waals surface area contributed by atoms with Crippen LogP contribution in [0.15, 0.2) is 24.3 Å². The summed E-state index contributed by atoms with van der Waals surface area (Å²) in [5.41, 5.74) is 0. The summed E-state index contributed by atoms with van der Waals surface area (Å²) in [5.74, 6) is 0.623. The average Bonchev–Trinajstić information content (AvgIpc) is 2.22. The molecule has 0 N–H and O–H groups in total. The highest BCUT2D eigenvalue weighted by Gasteiger charge is 1.93. The first-order valence-corrected chi connectivity index (χ1v) is 5.97. The molecule has 0 saturated carbocycles. The molecular formula is C14H25. The number of unbranched alkanes of at least 4 members (excludes halogenated alkanes) is 3. The smallest absolute Gasteiger partial charge is 0.00561 e. The molecule has 0 aliphatic carbocycles. The van der Waals surface area contributed by atoms with Gasteiger partial charge in [-0.3, -0.25) is 0 Å². The highest BCUT2D eigenvalue weighted by atomic mass is 14.0. The van der Waals surface area contributed by atoms with Crippen LogP contribution in [0, 0.1) is 12.8 Å². The lowest BCUT2D eigenvalue weighted by atomic mass is 10.0. The standard InChI is InChI=1S/C14H25/c1-4-7-9-10-11-13-14(6-3)12-8-5-2/h8,11-14H,2,4-7,9-10H2,1,3H3/b12-8+,13-11+. The van der Waals surface area contributed by atoms with Crippen molar-refractivity contribution >= 4 is 0 Å². The van der Waals surface area contributed by atoms with Gasteiger partial charge in [-0.15, -0.1) is 0 Å². The van der Waals surface area contributed by atoms with Gasteiger partial charge in [0.2, 0.25) is 0 Å². The molecule has 0 heteroatoms. The van der Waals surface area contributed by atoms with Crippen LogP contribution in [-0.2, 0) is 0 Å². The minimum absolute atomic E-state index is 0.623. The van der Waals surface area contributed by atoms with Gasteiger partial charge in [-0.1, -0.05) is 51.0 Å². The first-order valence-electron chi connectivity index (χ1n) is 5.97. The van der Waals surface area contributed by atoms with Gasteiger partial charge < -0.3 is 0 Å². The van der Waals surface area contributed by atoms with E-state index >= 15 is 0 Å². The van der Waals surface area contributed by atoms with Crippen molar-refractivity contribution in [3.05, 3.63) is 31.2 Å². The Hall–Kier alpha value is -0.520. The molecule has 0 aliphatic rings. The maximum atomic E-state index is 3.80. The molecule has 0 saturated heterocycles. The van der Waals surface area contributed by atoms with E-state index in [1.165, 1.54) is 32.1 Å². The molecule has 0 heterocycles. The third kappa shape index (κ3) is 8.10. The van der Waals surface area contributed by atoms with Crippen molar-refractivity contribution in [2.24, 2.45) is 5.92 Å². The van der Waals surface area contributed by atoms with Crippen molar-refractivity contribution in [1.82, 2.24) is 0 Å². The summed E-state index contributed by atoms with van der Waals surface area (Å²) in [6, 6.07) is 0. The van der Waals surface area contributed by atoms with E-state index in [4.69, 9.17) is 0 Å². The van der Waals surface area contributed by atoms with Crippen molar-refractivity contribution in [1.29, 1.82) is 0 Å². The van der Waals surface area contributed by atoms with Crippen LogP contribution >= 0.6 is 0 Å². The zero-order valence-corrected chi connectivity index (χ0v) is 9.84. The summed E-state index contributed by atoms with van der Waals surface area (Å²) in [7, 11) is 0. The van der Waals surface area contributed by atoms with Crippen LogP contribution in [0.2, 0.25) is 0 Å². The lowest BCUT2D eigenvalue weighted by Gasteiger charge is -2.02. The molecule has 0 spiro atoms. The van der Waals surface area contributed by atoms with Crippen LogP contribution in [0.4, 0.5) is 0 Å². The van der Waals surface area contributed by atoms with Crippen molar-refractivity contribution in [3.8, 4) is 0 Å². The Morgan fingerprint density at radius 1 is 1.07 bits per heavy atom. The van der Waals surface area contributed by atoms with Gasteiger partial charge in [0.25, 0.3) is 0 Å². The Morgan fingerprint density at radius 3 is 2.36 bits per heavy atom. The van der Waals surface area contributed by atoms with Crippen LogP contribution in [0.3, 0.4) is 0 Å². The van der Waals surface area contributed by atoms with E-state index in [1.54, 1.807) is 0 Å². The topological polar surface area (TPSA) is 0 Å². The van der Waals surface area contributed by atoms with Gasteiger partial charge in [0.1, 0.15) is 0 Å². The first kappa shape index (κ1) is 13.5. The molecule has 0 bridgehead atoms. The highest BCUT2D eigenvalue weighted by Crippen LogP contribution is 2.09. The lowest BCUT2D eigenvalue weighted by Crippen LogP contribution is -1.87. The fraction of sp³-hybridized carbons (Fsp3) is 0.643. The first-order chi connectivity index (χ1) is 6.85. The highest BCUT2D eigenvalue weighted by molar-refractivity contribution is 5.00. The fourth-order valence-corrected chi connectivity index (χ4v) is 1.39. The molecule has 0 fully saturated rings. The number of rotatable bonds is 8. The van der Waals surface area contributed by atoms with E-state index in [-0.39, 0.29) is 0 Å². The fourth-order valence-electron chi connectivity index (χ4n) is 1.39. The van der Waals surface area contributed by atoms with Gasteiger partial charge in [0.05, 0.1) is 0 Å². The van der Waals surface area contributed by atoms with Gasteiger partial charge in [0, 0.05) is 0 Å². The van der Waals surface area contributed by atoms with Gasteiger partial charge in [-0.25, -0.2) is 0 Å². The number of allylic oxidation sites excluding steroid dienone is 4. The lowest BCUT2D eigenvalue weighted by molar-refractivity contribution is 0.719. The van der Waals surface area contributed by atoms with E-state index in [0.717, 1.165) is 6.42 Å². The van der Waals surface area contributed by atoms with Crippen LogP contribution in [-0.4, -0.2) is 0 Å². The van der Waals surface area contributed by atoms with E-state index in [1.807, 2.05) is 0 Å². The van der Waals surface area contributed by atoms with Crippen molar-refractivity contribution in [2.75, 3.05) is 0 Å². The van der Waals surface area contributed by atoms with Crippen LogP contribution < -0.4 is 0 Å². The Bertz CT molecular complexity index is 153. The predicted octanol–water partition coefficient (Wildman–Crippen LogP) is 4.93. The Balaban J connectivity index is 3.63. The summed E-state index contributed by atoms with van der Waals surface area (Å²) in [6.45, 7) is 8.28. The second-order valence-electron chi connectivity index (χ2n) is 3.71. The van der Waals surface area contributed by atoms with Gasteiger partial charge in [-0.05, 0) is 38.5 Å². The molecule has 0 aliphatic heterocycles. The second-order valence-corrected chi connectivity index (χ2v) is 3.71. The summed E-state index contributed by atoms with van der Waals surface area (Å²) >= 11 is 0. The molecule has 0 nitrogen and oxygen atoms in total. The SMILES string of the molecule is [CH2]C/C=C/C(/C=C/CCCCC)CC. The molecule has 0 amide bonds. The molecular weight excluding hydrogens is 168 g/mol. The predicted molar refractivity (Wildman–Crippen MR) is 66.2 cm³/mol. The van der Waals surface area contributed by atoms with Crippen LogP contribution in [0.25, 0.3) is 0 Å². The zero-order valence-electron chi connectivity index (χ0n) is 9.84. The summed E-state index contributed by atoms with van der Waals surface area (Å²) in [6.07, 6.45) is 16.4. The Morgan fingerprint density at radius 2 is 1.79 bits per heavy atom. The molecule has 14 heavy (non-hydrogen) atoms. The molecule has 1 unspecified atom stereocenters. The summed E-state index contributed by atoms with van der Waals surface area (Å²) in [4.78, 5) is 0. The Labute approximate surface area is 90.1 Å². The molecule has 0 aromatic heterocycles. The van der Waals surface area contributed by atoms with Crippen LogP contribution in [0.1, 0.15) is 52.4 Å². The third-order valence-corrected chi connectivity index (χ3v) is 2.38. The normalized spacial score (nSPS) is 14.2. The largest absolute Gasteiger partial charge is 0.0879 e. The monoisotopic (exact) mass is 193 g/mol. The van der Waals surface area contributed by atoms with Crippen molar-refractivity contribution in [2.45, 2.75) is 52.4 Å². The molecule has 1 atom stereocenters. The number of hydrogen-bond acceptors (Lipinski definition) is 0. The third-order valence-electron chi connectivity index (χ3n) is 2.38. The molecule has 0 aromatic rings. The van der Waals surface area contributed by atoms with Gasteiger partial charge >= 0.3 is 0 Å². The van der Waals surface area contributed by atoms with E-state index in [9.17, 15) is 0 Å². The molecule has 1 radical (unpaired) electrons. The average molecular weight is 193 g/mol. The molecule has 0 aromatic carbocycles. The van der Waals surface area contributed by atoms with Crippen molar-refractivity contribution < 1.29 is 0 Å². The quantitative estimate of drug-likeness (QED) is 0.379. The Kier molecular flexibility index (Phi) is 10.2. The van der Waals surface area contributed by atoms with E-state index < -0.39 is 0 Å². The van der Waals surface area contributed by atoms with E-state index in [0.29, 0.717) is 5.92 Å². The van der Waals surface area contributed by atoms with Gasteiger partial charge in [-0.2, -0.15) is 0 Å². The number of hydrogen-bond donors (Lipinski definition) is 0. The summed E-state index contributed by atoms with van der Waals surface area (Å²) in [5, 5.41) is 0. The zero-order chi connectivity index (χ0) is 10.6. The molecule has 0 rings (SSSR count). The molecule has 81 valence electrons. The van der Waals surface area contributed by atoms with E-state index in [2.05, 4.69) is 45.1 Å². The maximum Gasteiger partial charge on any atom is -0.00561 e. The minimum Gasteiger partial charge on any atom is -0.0879 e. The van der Waals surface area contributed by atoms with Gasteiger partial charge in [0.15, 0.2) is 0 Å².